The van der Waals surface area contributed by atoms with Gasteiger partial charge in [0.25, 0.3) is 0 Å². The molecule has 0 fully saturated rings. The van der Waals surface area contributed by atoms with Crippen molar-refractivity contribution in [3.05, 3.63) is 17.0 Å². The minimum absolute atomic E-state index is 0.523. The molecule has 0 bridgehead atoms. The van der Waals surface area contributed by atoms with Gasteiger partial charge in [0.05, 0.1) is 10.9 Å². The number of hydrogen-bond donors (Lipinski definition) is 1. The second-order valence-electron chi connectivity index (χ2n) is 1.44. The van der Waals surface area contributed by atoms with Crippen molar-refractivity contribution in [2.75, 3.05) is 5.73 Å². The van der Waals surface area contributed by atoms with Crippen LogP contribution in [0.1, 0.15) is 5.56 Å². The zero-order valence-corrected chi connectivity index (χ0v) is 5.80. The molecule has 0 saturated heterocycles. The van der Waals surface area contributed by atoms with Crippen LogP contribution in [0.25, 0.3) is 0 Å². The molecule has 0 aliphatic carbocycles. The molecule has 0 saturated carbocycles. The molecule has 1 heterocycles. The van der Waals surface area contributed by atoms with Gasteiger partial charge in [-0.1, -0.05) is 0 Å². The van der Waals surface area contributed by atoms with Crippen molar-refractivity contribution >= 4 is 27.9 Å². The molecule has 1 aromatic heterocycles. The van der Waals surface area contributed by atoms with Crippen LogP contribution in [-0.4, -0.2) is 0 Å². The second-order valence-corrected chi connectivity index (χ2v) is 2.66. The highest BCUT2D eigenvalue weighted by atomic mass is 35.5. The fraction of sp³-hybridized carbons (Fsp3) is 0.200. The number of anilines is 1. The van der Waals surface area contributed by atoms with Gasteiger partial charge in [-0.25, -0.2) is 0 Å². The van der Waals surface area contributed by atoms with E-state index in [1.165, 1.54) is 11.3 Å². The lowest BCUT2D eigenvalue weighted by molar-refractivity contribution is 1.46. The van der Waals surface area contributed by atoms with Crippen LogP contribution in [-0.2, 0) is 5.88 Å². The molecule has 8 heavy (non-hydrogen) atoms. The summed E-state index contributed by atoms with van der Waals surface area (Å²) in [5.74, 6) is 0.523. The Balaban J connectivity index is 2.92. The summed E-state index contributed by atoms with van der Waals surface area (Å²) in [7, 11) is 0. The van der Waals surface area contributed by atoms with Crippen LogP contribution < -0.4 is 5.73 Å². The lowest BCUT2D eigenvalue weighted by Gasteiger charge is -1.86. The first-order valence-corrected chi connectivity index (χ1v) is 3.64. The molecule has 0 aliphatic heterocycles. The van der Waals surface area contributed by atoms with Crippen molar-refractivity contribution in [3.8, 4) is 0 Å². The quantitative estimate of drug-likeness (QED) is 0.605. The molecule has 1 nitrogen and oxygen atoms in total. The maximum Gasteiger partial charge on any atom is 0.0901 e. The average molecular weight is 148 g/mol. The number of halogens is 1. The molecular formula is C5H6ClNS. The van der Waals surface area contributed by atoms with E-state index in [1.807, 2.05) is 11.4 Å². The highest BCUT2D eigenvalue weighted by Crippen LogP contribution is 2.19. The molecular weight excluding hydrogens is 142 g/mol. The fourth-order valence-electron chi connectivity index (χ4n) is 0.458. The summed E-state index contributed by atoms with van der Waals surface area (Å²) in [5, 5.41) is 2.77. The third kappa shape index (κ3) is 0.956. The smallest absolute Gasteiger partial charge is 0.0901 e. The number of nitrogen functional groups attached to an aromatic ring is 1. The summed E-state index contributed by atoms with van der Waals surface area (Å²) in [6.45, 7) is 0. The lowest BCUT2D eigenvalue weighted by atomic mass is 10.4. The van der Waals surface area contributed by atoms with Crippen LogP contribution in [0.2, 0.25) is 0 Å². The van der Waals surface area contributed by atoms with Gasteiger partial charge < -0.3 is 5.73 Å². The molecule has 2 N–H and O–H groups in total. The average Bonchev–Trinajstić information content (AvgIpc) is 2.14. The molecule has 0 unspecified atom stereocenters. The van der Waals surface area contributed by atoms with Crippen LogP contribution in [0.3, 0.4) is 0 Å². The Morgan fingerprint density at radius 3 is 2.75 bits per heavy atom. The highest BCUT2D eigenvalue weighted by Gasteiger charge is 1.94. The predicted octanol–water partition coefficient (Wildman–Crippen LogP) is 2.07. The molecule has 1 aromatic rings. The van der Waals surface area contributed by atoms with Crippen LogP contribution in [0.4, 0.5) is 5.00 Å². The van der Waals surface area contributed by atoms with E-state index in [0.717, 1.165) is 10.6 Å². The van der Waals surface area contributed by atoms with Gasteiger partial charge in [-0.2, -0.15) is 0 Å². The van der Waals surface area contributed by atoms with Crippen LogP contribution in [0, 0.1) is 0 Å². The normalized spacial score (nSPS) is 9.62. The highest BCUT2D eigenvalue weighted by molar-refractivity contribution is 7.14. The Labute approximate surface area is 57.1 Å². The first-order valence-electron chi connectivity index (χ1n) is 2.22. The van der Waals surface area contributed by atoms with Gasteiger partial charge in [-0.3, -0.25) is 0 Å². The molecule has 0 spiro atoms. The second kappa shape index (κ2) is 2.37. The maximum atomic E-state index is 5.50. The van der Waals surface area contributed by atoms with E-state index in [1.54, 1.807) is 0 Å². The largest absolute Gasteiger partial charge is 0.390 e. The van der Waals surface area contributed by atoms with Gasteiger partial charge in [0.1, 0.15) is 0 Å². The van der Waals surface area contributed by atoms with Gasteiger partial charge in [-0.15, -0.1) is 22.9 Å². The zero-order chi connectivity index (χ0) is 5.98. The van der Waals surface area contributed by atoms with Gasteiger partial charge in [0.2, 0.25) is 0 Å². The van der Waals surface area contributed by atoms with Crippen molar-refractivity contribution in [2.45, 2.75) is 5.88 Å². The van der Waals surface area contributed by atoms with Gasteiger partial charge in [0.15, 0.2) is 0 Å². The Kier molecular flexibility index (Phi) is 1.76. The molecule has 0 radical (unpaired) electrons. The summed E-state index contributed by atoms with van der Waals surface area (Å²) in [4.78, 5) is 0. The van der Waals surface area contributed by atoms with Crippen LogP contribution in [0.5, 0.6) is 0 Å². The van der Waals surface area contributed by atoms with E-state index >= 15 is 0 Å². The van der Waals surface area contributed by atoms with E-state index in [2.05, 4.69) is 0 Å². The van der Waals surface area contributed by atoms with Crippen molar-refractivity contribution in [1.29, 1.82) is 0 Å². The van der Waals surface area contributed by atoms with E-state index < -0.39 is 0 Å². The Morgan fingerprint density at radius 2 is 2.50 bits per heavy atom. The monoisotopic (exact) mass is 147 g/mol. The van der Waals surface area contributed by atoms with Gasteiger partial charge in [0, 0.05) is 5.56 Å². The lowest BCUT2D eigenvalue weighted by Crippen LogP contribution is -1.82. The van der Waals surface area contributed by atoms with Gasteiger partial charge in [-0.05, 0) is 11.4 Å². The van der Waals surface area contributed by atoms with Gasteiger partial charge >= 0.3 is 0 Å². The topological polar surface area (TPSA) is 26.0 Å². The maximum absolute atomic E-state index is 5.50. The third-order valence-corrected chi connectivity index (χ3v) is 2.00. The number of thiophene rings is 1. The summed E-state index contributed by atoms with van der Waals surface area (Å²) in [6.07, 6.45) is 0. The number of rotatable bonds is 1. The minimum atomic E-state index is 0.523. The molecule has 0 aromatic carbocycles. The standard InChI is InChI=1S/C5H6ClNS/c6-3-4-1-2-8-5(4)7/h1-2H,3,7H2. The Morgan fingerprint density at radius 1 is 1.75 bits per heavy atom. The molecule has 44 valence electrons. The summed E-state index contributed by atoms with van der Waals surface area (Å²) in [6, 6.07) is 1.94. The van der Waals surface area contributed by atoms with Crippen molar-refractivity contribution in [3.63, 3.8) is 0 Å². The van der Waals surface area contributed by atoms with Crippen LogP contribution >= 0.6 is 22.9 Å². The number of nitrogens with two attached hydrogens (primary N) is 1. The Hall–Kier alpha value is -0.210. The molecule has 1 rings (SSSR count). The fourth-order valence-corrected chi connectivity index (χ4v) is 1.44. The summed E-state index contributed by atoms with van der Waals surface area (Å²) in [5.41, 5.74) is 6.52. The van der Waals surface area contributed by atoms with E-state index in [9.17, 15) is 0 Å². The predicted molar refractivity (Wildman–Crippen MR) is 38.3 cm³/mol. The van der Waals surface area contributed by atoms with E-state index in [4.69, 9.17) is 17.3 Å². The first kappa shape index (κ1) is 5.92. The first-order chi connectivity index (χ1) is 3.84. The van der Waals surface area contributed by atoms with Crippen LogP contribution in [0.15, 0.2) is 11.4 Å². The zero-order valence-electron chi connectivity index (χ0n) is 4.23. The molecule has 0 aliphatic rings. The Bertz CT molecular complexity index is 173. The summed E-state index contributed by atoms with van der Waals surface area (Å²) < 4.78 is 0. The summed E-state index contributed by atoms with van der Waals surface area (Å²) >= 11 is 7.02. The number of hydrogen-bond acceptors (Lipinski definition) is 2. The molecule has 0 atom stereocenters. The van der Waals surface area contributed by atoms with E-state index in [-0.39, 0.29) is 0 Å². The molecule has 3 heteroatoms. The third-order valence-electron chi connectivity index (χ3n) is 0.925. The van der Waals surface area contributed by atoms with Crippen molar-refractivity contribution in [2.24, 2.45) is 0 Å². The van der Waals surface area contributed by atoms with E-state index in [0.29, 0.717) is 5.88 Å². The minimum Gasteiger partial charge on any atom is -0.390 e. The SMILES string of the molecule is Nc1sccc1CCl. The molecule has 0 amide bonds. The number of alkyl halides is 1. The van der Waals surface area contributed by atoms with Crippen molar-refractivity contribution in [1.82, 2.24) is 0 Å². The van der Waals surface area contributed by atoms with Crippen molar-refractivity contribution < 1.29 is 0 Å².